The summed E-state index contributed by atoms with van der Waals surface area (Å²) in [5.74, 6) is 0.560. The molecule has 0 aromatic heterocycles. The molecule has 3 aromatic rings. The van der Waals surface area contributed by atoms with Crippen LogP contribution < -0.4 is 10.2 Å². The standard InChI is InChI=1S/C23H20F3N3OS/c24-23(25,26)18-9-5-11-20(15-18)30-19-10-4-8-17(14-19)21-28-29(22(27)31-21)13-12-16-6-2-1-3-7-16/h1-11,14-15,21,27-28H,12-13H2. The molecule has 0 spiro atoms. The van der Waals surface area contributed by atoms with Crippen molar-refractivity contribution in [1.29, 1.82) is 5.41 Å². The van der Waals surface area contributed by atoms with Crippen molar-refractivity contribution in [3.05, 3.63) is 95.6 Å². The van der Waals surface area contributed by atoms with Crippen LogP contribution in [0, 0.1) is 5.41 Å². The summed E-state index contributed by atoms with van der Waals surface area (Å²) < 4.78 is 44.5. The van der Waals surface area contributed by atoms with Crippen molar-refractivity contribution < 1.29 is 17.9 Å². The Hall–Kier alpha value is -2.97. The van der Waals surface area contributed by atoms with Gasteiger partial charge in [-0.2, -0.15) is 13.2 Å². The maximum absolute atomic E-state index is 12.9. The van der Waals surface area contributed by atoms with E-state index in [0.29, 0.717) is 17.5 Å². The lowest BCUT2D eigenvalue weighted by atomic mass is 10.1. The van der Waals surface area contributed by atoms with Crippen LogP contribution in [0.2, 0.25) is 0 Å². The summed E-state index contributed by atoms with van der Waals surface area (Å²) in [6, 6.07) is 22.0. The normalized spacial score (nSPS) is 16.5. The molecule has 0 radical (unpaired) electrons. The molecule has 8 heteroatoms. The second-order valence-corrected chi connectivity index (χ2v) is 8.11. The fourth-order valence-corrected chi connectivity index (χ4v) is 4.17. The Labute approximate surface area is 182 Å². The maximum Gasteiger partial charge on any atom is 0.416 e. The molecule has 0 amide bonds. The van der Waals surface area contributed by atoms with E-state index in [1.165, 1.54) is 29.5 Å². The molecule has 1 atom stereocenters. The predicted molar refractivity (Wildman–Crippen MR) is 116 cm³/mol. The third-order valence-corrected chi connectivity index (χ3v) is 5.83. The van der Waals surface area contributed by atoms with Crippen molar-refractivity contribution >= 4 is 16.9 Å². The van der Waals surface area contributed by atoms with Gasteiger partial charge in [-0.1, -0.05) is 60.3 Å². The average molecular weight is 443 g/mol. The van der Waals surface area contributed by atoms with Gasteiger partial charge in [0, 0.05) is 6.54 Å². The van der Waals surface area contributed by atoms with E-state index in [-0.39, 0.29) is 11.1 Å². The first-order valence-corrected chi connectivity index (χ1v) is 10.5. The lowest BCUT2D eigenvalue weighted by Gasteiger charge is -2.18. The van der Waals surface area contributed by atoms with Crippen LogP contribution in [0.5, 0.6) is 11.5 Å². The molecule has 1 saturated heterocycles. The number of alkyl halides is 3. The molecule has 0 saturated carbocycles. The zero-order valence-corrected chi connectivity index (χ0v) is 17.2. The summed E-state index contributed by atoms with van der Waals surface area (Å²) in [4.78, 5) is 0. The molecule has 1 aliphatic heterocycles. The number of benzene rings is 3. The lowest BCUT2D eigenvalue weighted by molar-refractivity contribution is -0.137. The van der Waals surface area contributed by atoms with E-state index in [9.17, 15) is 13.2 Å². The van der Waals surface area contributed by atoms with Gasteiger partial charge in [-0.15, -0.1) is 0 Å². The molecule has 4 rings (SSSR count). The lowest BCUT2D eigenvalue weighted by Crippen LogP contribution is -2.36. The van der Waals surface area contributed by atoms with Gasteiger partial charge < -0.3 is 4.74 Å². The van der Waals surface area contributed by atoms with E-state index < -0.39 is 11.7 Å². The van der Waals surface area contributed by atoms with Gasteiger partial charge in [0.15, 0.2) is 5.17 Å². The molecule has 31 heavy (non-hydrogen) atoms. The van der Waals surface area contributed by atoms with E-state index in [1.807, 2.05) is 29.3 Å². The predicted octanol–water partition coefficient (Wildman–Crippen LogP) is 6.23. The number of nitrogens with one attached hydrogen (secondary N) is 2. The summed E-state index contributed by atoms with van der Waals surface area (Å²) in [5.41, 5.74) is 4.63. The highest BCUT2D eigenvalue weighted by molar-refractivity contribution is 8.14. The number of nitrogens with zero attached hydrogens (tertiary/aromatic N) is 1. The largest absolute Gasteiger partial charge is 0.457 e. The number of thioether (sulfide) groups is 1. The van der Waals surface area contributed by atoms with Gasteiger partial charge in [0.05, 0.1) is 5.56 Å². The van der Waals surface area contributed by atoms with E-state index in [2.05, 4.69) is 17.6 Å². The Morgan fingerprint density at radius 2 is 1.65 bits per heavy atom. The van der Waals surface area contributed by atoms with E-state index >= 15 is 0 Å². The minimum atomic E-state index is -4.42. The van der Waals surface area contributed by atoms with Crippen molar-refractivity contribution in [2.45, 2.75) is 18.0 Å². The zero-order valence-electron chi connectivity index (χ0n) is 16.4. The van der Waals surface area contributed by atoms with Crippen molar-refractivity contribution in [2.24, 2.45) is 0 Å². The molecule has 1 fully saturated rings. The van der Waals surface area contributed by atoms with Crippen molar-refractivity contribution in [1.82, 2.24) is 10.4 Å². The third kappa shape index (κ3) is 5.39. The molecule has 3 aromatic carbocycles. The van der Waals surface area contributed by atoms with Gasteiger partial charge in [0.2, 0.25) is 0 Å². The first kappa shape index (κ1) is 21.3. The van der Waals surface area contributed by atoms with Crippen LogP contribution in [0.1, 0.15) is 22.1 Å². The van der Waals surface area contributed by atoms with Crippen LogP contribution >= 0.6 is 11.8 Å². The highest BCUT2D eigenvalue weighted by Crippen LogP contribution is 2.36. The van der Waals surface area contributed by atoms with Gasteiger partial charge >= 0.3 is 6.18 Å². The quantitative estimate of drug-likeness (QED) is 0.474. The molecular weight excluding hydrogens is 423 g/mol. The Bertz CT molecular complexity index is 1060. The van der Waals surface area contributed by atoms with E-state index in [1.54, 1.807) is 18.2 Å². The summed E-state index contributed by atoms with van der Waals surface area (Å²) in [7, 11) is 0. The molecule has 4 nitrogen and oxygen atoms in total. The molecule has 0 aliphatic carbocycles. The number of amidine groups is 1. The minimum Gasteiger partial charge on any atom is -0.457 e. The molecule has 160 valence electrons. The minimum absolute atomic E-state index is 0.122. The zero-order chi connectivity index (χ0) is 21.8. The smallest absolute Gasteiger partial charge is 0.416 e. The summed E-state index contributed by atoms with van der Waals surface area (Å²) in [6.07, 6.45) is -3.61. The Kier molecular flexibility index (Phi) is 6.20. The van der Waals surface area contributed by atoms with Crippen molar-refractivity contribution in [3.8, 4) is 11.5 Å². The number of rotatable bonds is 6. The van der Waals surface area contributed by atoms with Crippen LogP contribution in [0.3, 0.4) is 0 Å². The third-order valence-electron chi connectivity index (χ3n) is 4.77. The maximum atomic E-state index is 12.9. The van der Waals surface area contributed by atoms with Gasteiger partial charge in [-0.05, 0) is 47.9 Å². The number of hydrogen-bond donors (Lipinski definition) is 2. The Balaban J connectivity index is 1.42. The van der Waals surface area contributed by atoms with Gasteiger partial charge in [0.1, 0.15) is 16.9 Å². The average Bonchev–Trinajstić information content (AvgIpc) is 3.13. The van der Waals surface area contributed by atoms with E-state index in [4.69, 9.17) is 10.1 Å². The molecule has 2 N–H and O–H groups in total. The molecular formula is C23H20F3N3OS. The molecule has 1 unspecified atom stereocenters. The Morgan fingerprint density at radius 3 is 2.39 bits per heavy atom. The van der Waals surface area contributed by atoms with Crippen molar-refractivity contribution in [3.63, 3.8) is 0 Å². The highest BCUT2D eigenvalue weighted by atomic mass is 32.2. The topological polar surface area (TPSA) is 48.4 Å². The number of hydrazine groups is 1. The van der Waals surface area contributed by atoms with Crippen LogP contribution in [0.15, 0.2) is 78.9 Å². The second kappa shape index (κ2) is 9.03. The van der Waals surface area contributed by atoms with Crippen LogP contribution in [0.4, 0.5) is 13.2 Å². The van der Waals surface area contributed by atoms with Crippen LogP contribution in [-0.4, -0.2) is 16.7 Å². The van der Waals surface area contributed by atoms with Gasteiger partial charge in [-0.25, -0.2) is 5.43 Å². The summed E-state index contributed by atoms with van der Waals surface area (Å²) in [6.45, 7) is 0.659. The first-order chi connectivity index (χ1) is 14.9. The fourth-order valence-electron chi connectivity index (χ4n) is 3.21. The van der Waals surface area contributed by atoms with Gasteiger partial charge in [0.25, 0.3) is 0 Å². The fraction of sp³-hybridized carbons (Fsp3) is 0.174. The second-order valence-electron chi connectivity index (χ2n) is 7.02. The Morgan fingerprint density at radius 1 is 0.935 bits per heavy atom. The molecule has 0 bridgehead atoms. The summed E-state index contributed by atoms with van der Waals surface area (Å²) in [5, 5.41) is 10.3. The number of hydrogen-bond acceptors (Lipinski definition) is 4. The van der Waals surface area contributed by atoms with E-state index in [0.717, 1.165) is 24.1 Å². The monoisotopic (exact) mass is 443 g/mol. The number of ether oxygens (including phenoxy) is 1. The van der Waals surface area contributed by atoms with Gasteiger partial charge in [-0.3, -0.25) is 10.4 Å². The SMILES string of the molecule is N=C1SC(c2cccc(Oc3cccc(C(F)(F)F)c3)c2)NN1CCc1ccccc1. The number of halogens is 3. The van der Waals surface area contributed by atoms with Crippen LogP contribution in [-0.2, 0) is 12.6 Å². The molecule has 1 heterocycles. The molecule has 1 aliphatic rings. The van der Waals surface area contributed by atoms with Crippen LogP contribution in [0.25, 0.3) is 0 Å². The first-order valence-electron chi connectivity index (χ1n) is 9.66. The summed E-state index contributed by atoms with van der Waals surface area (Å²) >= 11 is 1.38. The van der Waals surface area contributed by atoms with Crippen molar-refractivity contribution in [2.75, 3.05) is 6.54 Å². The highest BCUT2D eigenvalue weighted by Gasteiger charge is 2.31.